The van der Waals surface area contributed by atoms with E-state index in [4.69, 9.17) is 6.42 Å². The zero-order chi connectivity index (χ0) is 20.1. The van der Waals surface area contributed by atoms with Crippen LogP contribution in [0.15, 0.2) is 48.8 Å². The second kappa shape index (κ2) is 8.73. The molecule has 1 amide bonds. The van der Waals surface area contributed by atoms with Crippen LogP contribution < -0.4 is 10.2 Å². The summed E-state index contributed by atoms with van der Waals surface area (Å²) in [4.78, 5) is 20.9. The number of rotatable bonds is 6. The Morgan fingerprint density at radius 2 is 2.11 bits per heavy atom. The van der Waals surface area contributed by atoms with E-state index in [-0.39, 0.29) is 5.91 Å². The molecule has 0 atom stereocenters. The van der Waals surface area contributed by atoms with Gasteiger partial charge in [-0.05, 0) is 55.7 Å². The lowest BCUT2D eigenvalue weighted by Gasteiger charge is -2.19. The minimum absolute atomic E-state index is 0.0705. The number of thiophene rings is 1. The van der Waals surface area contributed by atoms with Crippen LogP contribution in [0.5, 0.6) is 0 Å². The smallest absolute Gasteiger partial charge is 0.272 e. The van der Waals surface area contributed by atoms with Gasteiger partial charge in [-0.1, -0.05) is 25.0 Å². The summed E-state index contributed by atoms with van der Waals surface area (Å²) in [7, 11) is 0. The highest BCUT2D eigenvalue weighted by atomic mass is 32.1. The Kier molecular flexibility index (Phi) is 6.13. The van der Waals surface area contributed by atoms with E-state index in [9.17, 15) is 4.79 Å². The van der Waals surface area contributed by atoms with E-state index in [0.717, 1.165) is 33.6 Å². The Morgan fingerprint density at radius 3 is 2.82 bits per heavy atom. The van der Waals surface area contributed by atoms with Crippen molar-refractivity contribution >= 4 is 38.8 Å². The van der Waals surface area contributed by atoms with Crippen LogP contribution in [-0.4, -0.2) is 17.4 Å². The number of pyridine rings is 1. The fraction of sp³-hybridized carbons (Fsp3) is 0.217. The number of amides is 1. The van der Waals surface area contributed by atoms with Gasteiger partial charge >= 0.3 is 0 Å². The number of nitrogens with one attached hydrogen (secondary N) is 1. The molecule has 2 heterocycles. The summed E-state index contributed by atoms with van der Waals surface area (Å²) in [6, 6.07) is 9.82. The van der Waals surface area contributed by atoms with Crippen molar-refractivity contribution in [2.24, 2.45) is 0 Å². The molecule has 0 saturated carbocycles. The molecular weight excluding hydrogens is 366 g/mol. The number of aryl methyl sites for hydroxylation is 2. The largest absolute Gasteiger partial charge is 0.374 e. The molecule has 1 aromatic carbocycles. The molecule has 0 saturated heterocycles. The molecule has 4 nitrogen and oxygen atoms in total. The average Bonchev–Trinajstić information content (AvgIpc) is 3.14. The summed E-state index contributed by atoms with van der Waals surface area (Å²) in [5.74, 6) is 2.50. The van der Waals surface area contributed by atoms with Crippen LogP contribution in [0.3, 0.4) is 0 Å². The van der Waals surface area contributed by atoms with E-state index in [1.54, 1.807) is 11.1 Å². The quantitative estimate of drug-likeness (QED) is 0.564. The molecule has 5 heteroatoms. The zero-order valence-corrected chi connectivity index (χ0v) is 17.1. The normalized spacial score (nSPS) is 10.9. The number of carbonyl (C=O) groups is 1. The predicted molar refractivity (Wildman–Crippen MR) is 119 cm³/mol. The molecule has 3 rings (SSSR count). The highest BCUT2D eigenvalue weighted by molar-refractivity contribution is 7.20. The maximum absolute atomic E-state index is 13.3. The lowest BCUT2D eigenvalue weighted by Crippen LogP contribution is -2.24. The number of nitrogens with zero attached hydrogens (tertiary/aromatic N) is 2. The summed E-state index contributed by atoms with van der Waals surface area (Å²) in [6.07, 6.45) is 11.8. The molecule has 2 aromatic heterocycles. The highest BCUT2D eigenvalue weighted by Gasteiger charge is 2.20. The van der Waals surface area contributed by atoms with Crippen LogP contribution in [0.25, 0.3) is 10.2 Å². The molecule has 0 radical (unpaired) electrons. The molecule has 0 aliphatic rings. The minimum Gasteiger partial charge on any atom is -0.374 e. The minimum atomic E-state index is -0.0705. The lowest BCUT2D eigenvalue weighted by molar-refractivity contribution is 0.100. The third-order valence-corrected chi connectivity index (χ3v) is 5.54. The Bertz CT molecular complexity index is 1080. The van der Waals surface area contributed by atoms with E-state index in [0.29, 0.717) is 11.4 Å². The van der Waals surface area contributed by atoms with E-state index in [1.807, 2.05) is 49.5 Å². The van der Waals surface area contributed by atoms with Gasteiger partial charge in [0.05, 0.1) is 11.4 Å². The SMILES string of the molecule is C#CCNc1ccnc2sc(C(=O)N(/C=C\CC)c3ccc(C)c(C)c3)cc12. The number of anilines is 2. The molecule has 0 bridgehead atoms. The fourth-order valence-corrected chi connectivity index (χ4v) is 3.78. The Labute approximate surface area is 169 Å². The summed E-state index contributed by atoms with van der Waals surface area (Å²) >= 11 is 1.39. The number of hydrogen-bond donors (Lipinski definition) is 1. The Balaban J connectivity index is 2.02. The van der Waals surface area contributed by atoms with Gasteiger partial charge in [0.25, 0.3) is 5.91 Å². The van der Waals surface area contributed by atoms with Crippen LogP contribution in [0.1, 0.15) is 34.1 Å². The summed E-state index contributed by atoms with van der Waals surface area (Å²) in [6.45, 7) is 6.59. The standard InChI is InChI=1S/C23H23N3OS/c1-5-7-13-26(18-9-8-16(3)17(4)14-18)23(27)21-15-19-20(24-11-6-2)10-12-25-22(19)28-21/h2,7-10,12-15H,5,11H2,1,3-4H3,(H,24,25)/b13-7-. The molecule has 142 valence electrons. The third-order valence-electron chi connectivity index (χ3n) is 4.50. The molecule has 0 fully saturated rings. The first kappa shape index (κ1) is 19.7. The molecule has 3 aromatic rings. The number of allylic oxidation sites excluding steroid dienone is 1. The van der Waals surface area contributed by atoms with Crippen molar-refractivity contribution < 1.29 is 4.79 Å². The first-order valence-corrected chi connectivity index (χ1v) is 10.00. The van der Waals surface area contributed by atoms with Crippen molar-refractivity contribution in [1.82, 2.24) is 4.98 Å². The van der Waals surface area contributed by atoms with Crippen LogP contribution in [0, 0.1) is 26.2 Å². The van der Waals surface area contributed by atoms with Crippen molar-refractivity contribution in [2.45, 2.75) is 27.2 Å². The van der Waals surface area contributed by atoms with Gasteiger partial charge in [-0.15, -0.1) is 17.8 Å². The van der Waals surface area contributed by atoms with Gasteiger partial charge in [0.1, 0.15) is 4.83 Å². The van der Waals surface area contributed by atoms with Gasteiger partial charge in [0, 0.05) is 29.2 Å². The first-order chi connectivity index (χ1) is 13.5. The van der Waals surface area contributed by atoms with Gasteiger partial charge < -0.3 is 5.32 Å². The van der Waals surface area contributed by atoms with E-state index in [2.05, 4.69) is 30.1 Å². The zero-order valence-electron chi connectivity index (χ0n) is 16.3. The Hall–Kier alpha value is -3.10. The summed E-state index contributed by atoms with van der Waals surface area (Å²) < 4.78 is 0. The number of aromatic nitrogens is 1. The monoisotopic (exact) mass is 389 g/mol. The maximum Gasteiger partial charge on any atom is 0.272 e. The number of hydrogen-bond acceptors (Lipinski definition) is 4. The van der Waals surface area contributed by atoms with Crippen molar-refractivity contribution in [3.05, 3.63) is 64.8 Å². The predicted octanol–water partition coefficient (Wildman–Crippen LogP) is 5.53. The molecule has 0 aliphatic heterocycles. The van der Waals surface area contributed by atoms with Gasteiger partial charge in [-0.25, -0.2) is 4.98 Å². The molecular formula is C23H23N3OS. The number of fused-ring (bicyclic) bond motifs is 1. The van der Waals surface area contributed by atoms with Crippen LogP contribution >= 0.6 is 11.3 Å². The lowest BCUT2D eigenvalue weighted by atomic mass is 10.1. The van der Waals surface area contributed by atoms with Gasteiger partial charge in [-0.2, -0.15) is 0 Å². The molecule has 28 heavy (non-hydrogen) atoms. The van der Waals surface area contributed by atoms with Crippen LogP contribution in [0.4, 0.5) is 11.4 Å². The van der Waals surface area contributed by atoms with Crippen molar-refractivity contribution in [3.63, 3.8) is 0 Å². The number of terminal acetylenes is 1. The molecule has 1 N–H and O–H groups in total. The van der Waals surface area contributed by atoms with E-state index < -0.39 is 0 Å². The highest BCUT2D eigenvalue weighted by Crippen LogP contribution is 2.31. The van der Waals surface area contributed by atoms with Crippen molar-refractivity contribution in [3.8, 4) is 12.3 Å². The molecule has 0 aliphatic carbocycles. The summed E-state index contributed by atoms with van der Waals surface area (Å²) in [5.41, 5.74) is 4.10. The van der Waals surface area contributed by atoms with Crippen molar-refractivity contribution in [1.29, 1.82) is 0 Å². The first-order valence-electron chi connectivity index (χ1n) is 9.18. The average molecular weight is 390 g/mol. The van der Waals surface area contributed by atoms with Gasteiger partial charge in [-0.3, -0.25) is 9.69 Å². The molecule has 0 spiro atoms. The van der Waals surface area contributed by atoms with Gasteiger partial charge in [0.15, 0.2) is 0 Å². The third kappa shape index (κ3) is 4.08. The van der Waals surface area contributed by atoms with Crippen molar-refractivity contribution in [2.75, 3.05) is 16.8 Å². The maximum atomic E-state index is 13.3. The molecule has 0 unspecified atom stereocenters. The second-order valence-electron chi connectivity index (χ2n) is 6.48. The van der Waals surface area contributed by atoms with Gasteiger partial charge in [0.2, 0.25) is 0 Å². The topological polar surface area (TPSA) is 45.2 Å². The fourth-order valence-electron chi connectivity index (χ4n) is 2.82. The number of carbonyl (C=O) groups excluding carboxylic acids is 1. The summed E-state index contributed by atoms with van der Waals surface area (Å²) in [5, 5.41) is 4.10. The van der Waals surface area contributed by atoms with E-state index in [1.165, 1.54) is 16.9 Å². The second-order valence-corrected chi connectivity index (χ2v) is 7.51. The van der Waals surface area contributed by atoms with Crippen LogP contribution in [0.2, 0.25) is 0 Å². The number of benzene rings is 1. The Morgan fingerprint density at radius 1 is 1.29 bits per heavy atom. The van der Waals surface area contributed by atoms with Crippen LogP contribution in [-0.2, 0) is 0 Å². The van der Waals surface area contributed by atoms with E-state index >= 15 is 0 Å².